The molecule has 0 saturated heterocycles. The predicted octanol–water partition coefficient (Wildman–Crippen LogP) is 1.63. The van der Waals surface area contributed by atoms with Gasteiger partial charge in [0.2, 0.25) is 0 Å². The standard InChI is InChI=1S/C13H24N4O2S/c1-5-7-14-12-10(3)13(17-11(6-2)16-12)15-8-9-20(4,18)19/h5-9H2,1-4H3,(H2,14,15,16,17). The van der Waals surface area contributed by atoms with Gasteiger partial charge in [-0.1, -0.05) is 13.8 Å². The number of rotatable bonds is 8. The zero-order valence-electron chi connectivity index (χ0n) is 12.7. The predicted molar refractivity (Wildman–Crippen MR) is 83.1 cm³/mol. The van der Waals surface area contributed by atoms with Crippen LogP contribution in [0.2, 0.25) is 0 Å². The van der Waals surface area contributed by atoms with Crippen molar-refractivity contribution in [3.63, 3.8) is 0 Å². The number of aromatic nitrogens is 2. The summed E-state index contributed by atoms with van der Waals surface area (Å²) in [5, 5.41) is 6.37. The van der Waals surface area contributed by atoms with Crippen LogP contribution in [0.5, 0.6) is 0 Å². The highest BCUT2D eigenvalue weighted by Gasteiger charge is 2.10. The van der Waals surface area contributed by atoms with Gasteiger partial charge in [0.15, 0.2) is 0 Å². The second-order valence-corrected chi connectivity index (χ2v) is 7.06. The van der Waals surface area contributed by atoms with Gasteiger partial charge in [-0.25, -0.2) is 18.4 Å². The lowest BCUT2D eigenvalue weighted by molar-refractivity contribution is 0.602. The SMILES string of the molecule is CCCNc1nc(CC)nc(NCCS(C)(=O)=O)c1C. The zero-order chi connectivity index (χ0) is 15.2. The highest BCUT2D eigenvalue weighted by molar-refractivity contribution is 7.90. The number of nitrogens with zero attached hydrogens (tertiary/aromatic N) is 2. The molecule has 0 aromatic carbocycles. The van der Waals surface area contributed by atoms with E-state index in [-0.39, 0.29) is 5.75 Å². The number of sulfone groups is 1. The Morgan fingerprint density at radius 3 is 2.05 bits per heavy atom. The van der Waals surface area contributed by atoms with Crippen molar-refractivity contribution in [2.24, 2.45) is 0 Å². The van der Waals surface area contributed by atoms with Gasteiger partial charge in [0.1, 0.15) is 27.3 Å². The molecule has 0 saturated carbocycles. The van der Waals surface area contributed by atoms with E-state index in [1.165, 1.54) is 6.26 Å². The molecule has 0 aliphatic rings. The van der Waals surface area contributed by atoms with Crippen molar-refractivity contribution in [1.29, 1.82) is 0 Å². The van der Waals surface area contributed by atoms with E-state index in [0.717, 1.165) is 36.6 Å². The van der Waals surface area contributed by atoms with E-state index in [1.54, 1.807) is 0 Å². The Bertz CT molecular complexity index is 544. The van der Waals surface area contributed by atoms with Crippen LogP contribution in [-0.4, -0.2) is 43.5 Å². The molecule has 1 aromatic rings. The Kier molecular flexibility index (Phi) is 6.19. The van der Waals surface area contributed by atoms with Gasteiger partial charge in [0, 0.05) is 31.3 Å². The Morgan fingerprint density at radius 2 is 1.60 bits per heavy atom. The summed E-state index contributed by atoms with van der Waals surface area (Å²) in [7, 11) is -2.97. The normalized spacial score (nSPS) is 11.4. The fourth-order valence-corrected chi connectivity index (χ4v) is 2.14. The highest BCUT2D eigenvalue weighted by Crippen LogP contribution is 2.20. The van der Waals surface area contributed by atoms with Crippen molar-refractivity contribution >= 4 is 21.5 Å². The second kappa shape index (κ2) is 7.42. The van der Waals surface area contributed by atoms with Crippen LogP contribution in [0, 0.1) is 6.92 Å². The summed E-state index contributed by atoms with van der Waals surface area (Å²) in [6.07, 6.45) is 2.98. The van der Waals surface area contributed by atoms with Gasteiger partial charge in [-0.15, -0.1) is 0 Å². The lowest BCUT2D eigenvalue weighted by Gasteiger charge is -2.14. The fraction of sp³-hybridized carbons (Fsp3) is 0.692. The first kappa shape index (κ1) is 16.7. The molecule has 114 valence electrons. The largest absolute Gasteiger partial charge is 0.370 e. The van der Waals surface area contributed by atoms with Crippen LogP contribution in [0.15, 0.2) is 0 Å². The highest BCUT2D eigenvalue weighted by atomic mass is 32.2. The van der Waals surface area contributed by atoms with Crippen molar-refractivity contribution in [2.75, 3.05) is 35.7 Å². The maximum atomic E-state index is 11.2. The van der Waals surface area contributed by atoms with E-state index in [1.807, 2.05) is 13.8 Å². The number of anilines is 2. The minimum Gasteiger partial charge on any atom is -0.370 e. The van der Waals surface area contributed by atoms with Crippen LogP contribution in [0.3, 0.4) is 0 Å². The summed E-state index contributed by atoms with van der Waals surface area (Å²) >= 11 is 0. The summed E-state index contributed by atoms with van der Waals surface area (Å²) in [4.78, 5) is 8.89. The molecule has 0 aliphatic carbocycles. The van der Waals surface area contributed by atoms with Gasteiger partial charge in [0.25, 0.3) is 0 Å². The average Bonchev–Trinajstić information content (AvgIpc) is 2.37. The monoisotopic (exact) mass is 300 g/mol. The maximum absolute atomic E-state index is 11.2. The first-order valence-corrected chi connectivity index (χ1v) is 8.96. The van der Waals surface area contributed by atoms with E-state index in [9.17, 15) is 8.42 Å². The fourth-order valence-electron chi connectivity index (χ4n) is 1.66. The number of hydrogen-bond acceptors (Lipinski definition) is 6. The van der Waals surface area contributed by atoms with E-state index >= 15 is 0 Å². The van der Waals surface area contributed by atoms with Crippen molar-refractivity contribution in [3.05, 3.63) is 11.4 Å². The molecule has 7 heteroatoms. The lowest BCUT2D eigenvalue weighted by Crippen LogP contribution is -2.17. The molecule has 2 N–H and O–H groups in total. The Hall–Kier alpha value is -1.37. The average molecular weight is 300 g/mol. The van der Waals surface area contributed by atoms with Gasteiger partial charge in [-0.2, -0.15) is 0 Å². The van der Waals surface area contributed by atoms with Crippen molar-refractivity contribution in [3.8, 4) is 0 Å². The van der Waals surface area contributed by atoms with Crippen LogP contribution in [0.25, 0.3) is 0 Å². The summed E-state index contributed by atoms with van der Waals surface area (Å²) in [6.45, 7) is 7.22. The second-order valence-electron chi connectivity index (χ2n) is 4.80. The smallest absolute Gasteiger partial charge is 0.149 e. The molecule has 0 bridgehead atoms. The molecule has 0 amide bonds. The van der Waals surface area contributed by atoms with Gasteiger partial charge >= 0.3 is 0 Å². The van der Waals surface area contributed by atoms with Crippen LogP contribution in [0.1, 0.15) is 31.7 Å². The Morgan fingerprint density at radius 1 is 1.05 bits per heavy atom. The van der Waals surface area contributed by atoms with Gasteiger partial charge in [0.05, 0.1) is 5.75 Å². The molecular weight excluding hydrogens is 276 g/mol. The quantitative estimate of drug-likeness (QED) is 0.759. The minimum atomic E-state index is -2.97. The molecule has 0 atom stereocenters. The number of nitrogens with one attached hydrogen (secondary N) is 2. The summed E-state index contributed by atoms with van der Waals surface area (Å²) in [6, 6.07) is 0. The van der Waals surface area contributed by atoms with E-state index in [4.69, 9.17) is 0 Å². The van der Waals surface area contributed by atoms with E-state index in [0.29, 0.717) is 12.4 Å². The molecular formula is C13H24N4O2S. The summed E-state index contributed by atoms with van der Waals surface area (Å²) < 4.78 is 22.3. The summed E-state index contributed by atoms with van der Waals surface area (Å²) in [5.74, 6) is 2.37. The van der Waals surface area contributed by atoms with Gasteiger partial charge in [-0.05, 0) is 13.3 Å². The maximum Gasteiger partial charge on any atom is 0.149 e. The van der Waals surface area contributed by atoms with Crippen molar-refractivity contribution in [2.45, 2.75) is 33.6 Å². The first-order valence-electron chi connectivity index (χ1n) is 6.90. The molecule has 6 nitrogen and oxygen atoms in total. The van der Waals surface area contributed by atoms with Crippen molar-refractivity contribution < 1.29 is 8.42 Å². The number of aryl methyl sites for hydroxylation is 1. The molecule has 1 rings (SSSR count). The topological polar surface area (TPSA) is 84.0 Å². The zero-order valence-corrected chi connectivity index (χ0v) is 13.5. The molecule has 1 heterocycles. The first-order chi connectivity index (χ1) is 9.37. The Labute approximate surface area is 121 Å². The molecule has 0 fully saturated rings. The van der Waals surface area contributed by atoms with Crippen LogP contribution >= 0.6 is 0 Å². The molecule has 1 aromatic heterocycles. The third kappa shape index (κ3) is 5.32. The van der Waals surface area contributed by atoms with Crippen molar-refractivity contribution in [1.82, 2.24) is 9.97 Å². The molecule has 0 radical (unpaired) electrons. The van der Waals surface area contributed by atoms with Crippen LogP contribution in [0.4, 0.5) is 11.6 Å². The molecule has 0 aliphatic heterocycles. The molecule has 0 spiro atoms. The lowest BCUT2D eigenvalue weighted by atomic mass is 10.2. The number of hydrogen-bond donors (Lipinski definition) is 2. The van der Waals surface area contributed by atoms with Gasteiger partial charge in [-0.3, -0.25) is 0 Å². The molecule has 0 unspecified atom stereocenters. The summed E-state index contributed by atoms with van der Waals surface area (Å²) in [5.41, 5.74) is 0.921. The third-order valence-corrected chi connectivity index (χ3v) is 3.76. The van der Waals surface area contributed by atoms with Gasteiger partial charge < -0.3 is 10.6 Å². The molecule has 20 heavy (non-hydrogen) atoms. The van der Waals surface area contributed by atoms with Crippen LogP contribution in [-0.2, 0) is 16.3 Å². The minimum absolute atomic E-state index is 0.0929. The van der Waals surface area contributed by atoms with Crippen LogP contribution < -0.4 is 10.6 Å². The van der Waals surface area contributed by atoms with E-state index in [2.05, 4.69) is 27.5 Å². The third-order valence-electron chi connectivity index (χ3n) is 2.82. The van der Waals surface area contributed by atoms with E-state index < -0.39 is 9.84 Å². The Balaban J connectivity index is 2.87.